The molecule has 0 saturated carbocycles. The maximum Gasteiger partial charge on any atom is 0.325 e. The fourth-order valence-corrected chi connectivity index (χ4v) is 2.92. The Morgan fingerprint density at radius 2 is 1.93 bits per heavy atom. The first-order valence-corrected chi connectivity index (χ1v) is 8.53. The van der Waals surface area contributed by atoms with Gasteiger partial charge < -0.3 is 19.7 Å². The van der Waals surface area contributed by atoms with Gasteiger partial charge >= 0.3 is 6.03 Å². The van der Waals surface area contributed by atoms with Crippen LogP contribution >= 0.6 is 0 Å². The lowest BCUT2D eigenvalue weighted by Gasteiger charge is -2.19. The van der Waals surface area contributed by atoms with Crippen molar-refractivity contribution in [3.8, 4) is 11.5 Å². The van der Waals surface area contributed by atoms with Crippen LogP contribution in [-0.4, -0.2) is 55.7 Å². The largest absolute Gasteiger partial charge is 0.493 e. The Hall–Kier alpha value is -3.29. The Morgan fingerprint density at radius 1 is 1.15 bits per heavy atom. The van der Waals surface area contributed by atoms with Crippen LogP contribution in [0.5, 0.6) is 11.5 Å². The third kappa shape index (κ3) is 4.11. The molecule has 3 amide bonds. The molecule has 1 aromatic carbocycles. The van der Waals surface area contributed by atoms with E-state index in [1.807, 2.05) is 13.0 Å². The molecule has 2 aromatic rings. The maximum atomic E-state index is 12.7. The van der Waals surface area contributed by atoms with E-state index >= 15 is 0 Å². The molecule has 27 heavy (non-hydrogen) atoms. The average molecular weight is 370 g/mol. The Balaban J connectivity index is 1.65. The maximum absolute atomic E-state index is 12.7. The van der Waals surface area contributed by atoms with Gasteiger partial charge in [-0.3, -0.25) is 9.69 Å². The molecule has 2 heterocycles. The molecule has 0 atom stereocenters. The van der Waals surface area contributed by atoms with Gasteiger partial charge in [0.25, 0.3) is 0 Å². The van der Waals surface area contributed by atoms with E-state index in [0.717, 1.165) is 5.56 Å². The molecule has 0 bridgehead atoms. The van der Waals surface area contributed by atoms with Crippen molar-refractivity contribution in [1.82, 2.24) is 9.88 Å². The zero-order valence-electron chi connectivity index (χ0n) is 15.6. The summed E-state index contributed by atoms with van der Waals surface area (Å²) in [6.07, 6.45) is 1.63. The minimum atomic E-state index is -0.282. The predicted octanol–water partition coefficient (Wildman–Crippen LogP) is 2.29. The molecule has 1 aliphatic rings. The van der Waals surface area contributed by atoms with Crippen molar-refractivity contribution in [2.45, 2.75) is 6.92 Å². The molecule has 8 heteroatoms. The summed E-state index contributed by atoms with van der Waals surface area (Å²) >= 11 is 0. The van der Waals surface area contributed by atoms with E-state index in [2.05, 4.69) is 10.3 Å². The van der Waals surface area contributed by atoms with Gasteiger partial charge in [0.05, 0.1) is 14.2 Å². The molecule has 0 spiro atoms. The van der Waals surface area contributed by atoms with Crippen LogP contribution in [0.4, 0.5) is 16.3 Å². The molecular formula is C19H22N4O4. The van der Waals surface area contributed by atoms with Crippen LogP contribution in [0.25, 0.3) is 0 Å². The van der Waals surface area contributed by atoms with Gasteiger partial charge in [0, 0.05) is 31.0 Å². The molecule has 3 rings (SSSR count). The number of carbonyl (C=O) groups excluding carboxylic acids is 2. The highest BCUT2D eigenvalue weighted by molar-refractivity contribution is 5.99. The van der Waals surface area contributed by atoms with Crippen LogP contribution in [0.1, 0.15) is 5.56 Å². The third-order valence-corrected chi connectivity index (χ3v) is 4.29. The Labute approximate surface area is 157 Å². The van der Waals surface area contributed by atoms with Gasteiger partial charge in [-0.1, -0.05) is 0 Å². The molecule has 1 aromatic heterocycles. The van der Waals surface area contributed by atoms with E-state index < -0.39 is 0 Å². The van der Waals surface area contributed by atoms with Gasteiger partial charge in [0.2, 0.25) is 5.91 Å². The Morgan fingerprint density at radius 3 is 2.63 bits per heavy atom. The van der Waals surface area contributed by atoms with E-state index in [4.69, 9.17) is 9.47 Å². The van der Waals surface area contributed by atoms with Crippen molar-refractivity contribution >= 4 is 23.4 Å². The van der Waals surface area contributed by atoms with E-state index in [0.29, 0.717) is 36.1 Å². The number of urea groups is 1. The number of nitrogens with one attached hydrogen (secondary N) is 1. The number of hydrogen-bond donors (Lipinski definition) is 1. The minimum absolute atomic E-state index is 0.0295. The van der Waals surface area contributed by atoms with E-state index in [1.54, 1.807) is 49.6 Å². The molecular weight excluding hydrogens is 348 g/mol. The lowest BCUT2D eigenvalue weighted by molar-refractivity contribution is -0.116. The van der Waals surface area contributed by atoms with E-state index in [9.17, 15) is 9.59 Å². The zero-order chi connectivity index (χ0) is 19.4. The van der Waals surface area contributed by atoms with Crippen molar-refractivity contribution in [3.05, 3.63) is 42.1 Å². The van der Waals surface area contributed by atoms with Crippen molar-refractivity contribution in [2.24, 2.45) is 0 Å². The van der Waals surface area contributed by atoms with Gasteiger partial charge in [-0.05, 0) is 36.8 Å². The molecule has 142 valence electrons. The van der Waals surface area contributed by atoms with Crippen LogP contribution in [0.15, 0.2) is 36.5 Å². The summed E-state index contributed by atoms with van der Waals surface area (Å²) < 4.78 is 10.5. The quantitative estimate of drug-likeness (QED) is 0.843. The fraction of sp³-hybridized carbons (Fsp3) is 0.316. The second-order valence-electron chi connectivity index (χ2n) is 6.16. The van der Waals surface area contributed by atoms with E-state index in [1.165, 1.54) is 4.90 Å². The standard InChI is InChI=1S/C19H22N4O4/c1-13-6-7-20-17(10-13)21-18(24)12-22-8-9-23(19(22)25)14-4-5-15(26-2)16(11-14)27-3/h4-7,10-11H,8-9,12H2,1-3H3,(H,20,21,24). The zero-order valence-corrected chi connectivity index (χ0v) is 15.6. The number of amides is 3. The number of methoxy groups -OCH3 is 2. The number of carbonyl (C=O) groups is 2. The molecule has 0 aliphatic carbocycles. The Kier molecular flexibility index (Phi) is 5.44. The number of pyridine rings is 1. The number of aromatic nitrogens is 1. The number of benzene rings is 1. The number of aryl methyl sites for hydroxylation is 1. The normalized spacial score (nSPS) is 13.7. The summed E-state index contributed by atoms with van der Waals surface area (Å²) in [7, 11) is 3.10. The van der Waals surface area contributed by atoms with Crippen LogP contribution in [0.2, 0.25) is 0 Å². The smallest absolute Gasteiger partial charge is 0.325 e. The summed E-state index contributed by atoms with van der Waals surface area (Å²) in [6.45, 7) is 2.84. The summed E-state index contributed by atoms with van der Waals surface area (Å²) in [5.41, 5.74) is 1.69. The molecule has 0 radical (unpaired) electrons. The van der Waals surface area contributed by atoms with Gasteiger partial charge in [0.1, 0.15) is 12.4 Å². The minimum Gasteiger partial charge on any atom is -0.493 e. The lowest BCUT2D eigenvalue weighted by atomic mass is 10.2. The second-order valence-corrected chi connectivity index (χ2v) is 6.16. The highest BCUT2D eigenvalue weighted by Crippen LogP contribution is 2.32. The first-order valence-electron chi connectivity index (χ1n) is 8.53. The van der Waals surface area contributed by atoms with Crippen LogP contribution in [-0.2, 0) is 4.79 Å². The van der Waals surface area contributed by atoms with Crippen LogP contribution < -0.4 is 19.7 Å². The van der Waals surface area contributed by atoms with Crippen molar-refractivity contribution < 1.29 is 19.1 Å². The molecule has 1 N–H and O–H groups in total. The van der Waals surface area contributed by atoms with Crippen LogP contribution in [0, 0.1) is 6.92 Å². The average Bonchev–Trinajstić information content (AvgIpc) is 3.01. The molecule has 1 fully saturated rings. The molecule has 0 unspecified atom stereocenters. The summed E-state index contributed by atoms with van der Waals surface area (Å²) in [5.74, 6) is 1.33. The summed E-state index contributed by atoms with van der Waals surface area (Å²) in [4.78, 5) is 32.2. The monoisotopic (exact) mass is 370 g/mol. The predicted molar refractivity (Wildman–Crippen MR) is 101 cm³/mol. The van der Waals surface area contributed by atoms with Gasteiger partial charge in [-0.15, -0.1) is 0 Å². The van der Waals surface area contributed by atoms with Gasteiger partial charge in [-0.2, -0.15) is 0 Å². The highest BCUT2D eigenvalue weighted by atomic mass is 16.5. The Bertz CT molecular complexity index is 855. The van der Waals surface area contributed by atoms with Gasteiger partial charge in [0.15, 0.2) is 11.5 Å². The van der Waals surface area contributed by atoms with Crippen molar-refractivity contribution in [3.63, 3.8) is 0 Å². The number of hydrogen-bond acceptors (Lipinski definition) is 5. The highest BCUT2D eigenvalue weighted by Gasteiger charge is 2.31. The first kappa shape index (κ1) is 18.5. The lowest BCUT2D eigenvalue weighted by Crippen LogP contribution is -2.37. The van der Waals surface area contributed by atoms with E-state index in [-0.39, 0.29) is 18.5 Å². The molecule has 1 aliphatic heterocycles. The first-order chi connectivity index (χ1) is 13.0. The number of ether oxygens (including phenoxy) is 2. The summed E-state index contributed by atoms with van der Waals surface area (Å²) in [5, 5.41) is 2.72. The van der Waals surface area contributed by atoms with Crippen LogP contribution in [0.3, 0.4) is 0 Å². The second kappa shape index (κ2) is 7.94. The van der Waals surface area contributed by atoms with Crippen molar-refractivity contribution in [2.75, 3.05) is 44.1 Å². The molecule has 1 saturated heterocycles. The number of rotatable bonds is 6. The number of nitrogens with zero attached hydrogens (tertiary/aromatic N) is 3. The topological polar surface area (TPSA) is 84.0 Å². The van der Waals surface area contributed by atoms with Gasteiger partial charge in [-0.25, -0.2) is 9.78 Å². The number of anilines is 2. The summed E-state index contributed by atoms with van der Waals surface area (Å²) in [6, 6.07) is 8.69. The fourth-order valence-electron chi connectivity index (χ4n) is 2.92. The third-order valence-electron chi connectivity index (χ3n) is 4.29. The van der Waals surface area contributed by atoms with Crippen molar-refractivity contribution in [1.29, 1.82) is 0 Å². The SMILES string of the molecule is COc1ccc(N2CCN(CC(=O)Nc3cc(C)ccn3)C2=O)cc1OC. The molecule has 8 nitrogen and oxygen atoms in total.